The second-order valence-electron chi connectivity index (χ2n) is 6.32. The Kier molecular flexibility index (Phi) is 4.26. The van der Waals surface area contributed by atoms with E-state index in [0.29, 0.717) is 5.92 Å². The molecule has 1 fully saturated rings. The van der Waals surface area contributed by atoms with Crippen LogP contribution >= 0.6 is 15.9 Å². The molecule has 1 aliphatic rings. The number of pyridine rings is 1. The number of carbonyl (C=O) groups excluding carboxylic acids is 1. The van der Waals surface area contributed by atoms with Gasteiger partial charge >= 0.3 is 0 Å². The van der Waals surface area contributed by atoms with E-state index in [1.807, 2.05) is 28.5 Å². The SMILES string of the molecule is CCc1nc2c(Br)cc(C)cn2c1C(=O)N1CCCC(C)C1. The average molecular weight is 364 g/mol. The van der Waals surface area contributed by atoms with E-state index in [-0.39, 0.29) is 5.91 Å². The highest BCUT2D eigenvalue weighted by Crippen LogP contribution is 2.25. The summed E-state index contributed by atoms with van der Waals surface area (Å²) in [5.41, 5.74) is 3.56. The number of imidazole rings is 1. The molecule has 1 saturated heterocycles. The third-order valence-corrected chi connectivity index (χ3v) is 4.95. The van der Waals surface area contributed by atoms with Crippen molar-refractivity contribution in [3.63, 3.8) is 0 Å². The molecule has 3 rings (SSSR count). The highest BCUT2D eigenvalue weighted by Gasteiger charge is 2.27. The normalized spacial score (nSPS) is 18.9. The van der Waals surface area contributed by atoms with Crippen LogP contribution in [0, 0.1) is 12.8 Å². The lowest BCUT2D eigenvalue weighted by Crippen LogP contribution is -2.40. The number of rotatable bonds is 2. The van der Waals surface area contributed by atoms with Gasteiger partial charge in [0.1, 0.15) is 5.69 Å². The number of hydrogen-bond acceptors (Lipinski definition) is 2. The van der Waals surface area contributed by atoms with Gasteiger partial charge in [-0.05, 0) is 59.7 Å². The standard InChI is InChI=1S/C17H22BrN3O/c1-4-14-15(17(22)20-7-5-6-11(2)9-20)21-10-12(3)8-13(18)16(21)19-14/h8,10-11H,4-7,9H2,1-3H3. The Morgan fingerprint density at radius 2 is 2.27 bits per heavy atom. The Labute approximate surface area is 139 Å². The zero-order valence-corrected chi connectivity index (χ0v) is 15.0. The maximum absolute atomic E-state index is 13.1. The number of likely N-dealkylation sites (tertiary alicyclic amines) is 1. The second kappa shape index (κ2) is 6.03. The molecule has 0 N–H and O–H groups in total. The number of hydrogen-bond donors (Lipinski definition) is 0. The molecule has 0 spiro atoms. The maximum Gasteiger partial charge on any atom is 0.272 e. The molecule has 118 valence electrons. The van der Waals surface area contributed by atoms with Gasteiger partial charge in [-0.2, -0.15) is 0 Å². The predicted octanol–water partition coefficient (Wildman–Crippen LogP) is 3.84. The molecule has 0 aliphatic carbocycles. The Morgan fingerprint density at radius 3 is 2.95 bits per heavy atom. The molecule has 4 nitrogen and oxygen atoms in total. The van der Waals surface area contributed by atoms with Crippen molar-refractivity contribution in [1.29, 1.82) is 0 Å². The van der Waals surface area contributed by atoms with E-state index < -0.39 is 0 Å². The van der Waals surface area contributed by atoms with Gasteiger partial charge in [-0.25, -0.2) is 4.98 Å². The fourth-order valence-electron chi connectivity index (χ4n) is 3.28. The Morgan fingerprint density at radius 1 is 1.50 bits per heavy atom. The highest BCUT2D eigenvalue weighted by molar-refractivity contribution is 9.10. The third kappa shape index (κ3) is 2.67. The summed E-state index contributed by atoms with van der Waals surface area (Å²) in [5.74, 6) is 0.698. The zero-order chi connectivity index (χ0) is 15.9. The van der Waals surface area contributed by atoms with Crippen molar-refractivity contribution >= 4 is 27.5 Å². The molecular weight excluding hydrogens is 342 g/mol. The van der Waals surface area contributed by atoms with Crippen LogP contribution in [0.15, 0.2) is 16.7 Å². The molecular formula is C17H22BrN3O. The van der Waals surface area contributed by atoms with Gasteiger partial charge < -0.3 is 4.90 Å². The summed E-state index contributed by atoms with van der Waals surface area (Å²) in [5, 5.41) is 0. The predicted molar refractivity (Wildman–Crippen MR) is 91.3 cm³/mol. The first kappa shape index (κ1) is 15.5. The summed E-state index contributed by atoms with van der Waals surface area (Å²) in [4.78, 5) is 19.7. The fourth-order valence-corrected chi connectivity index (χ4v) is 3.92. The number of aryl methyl sites for hydroxylation is 2. The summed E-state index contributed by atoms with van der Waals surface area (Å²) >= 11 is 3.57. The van der Waals surface area contributed by atoms with Crippen LogP contribution in [-0.4, -0.2) is 33.3 Å². The Bertz CT molecular complexity index is 722. The molecule has 0 radical (unpaired) electrons. The highest BCUT2D eigenvalue weighted by atomic mass is 79.9. The van der Waals surface area contributed by atoms with Crippen molar-refractivity contribution in [2.75, 3.05) is 13.1 Å². The van der Waals surface area contributed by atoms with Gasteiger partial charge in [0.2, 0.25) is 0 Å². The number of nitrogens with zero attached hydrogens (tertiary/aromatic N) is 3. The van der Waals surface area contributed by atoms with Gasteiger partial charge in [0, 0.05) is 19.3 Å². The molecule has 1 unspecified atom stereocenters. The smallest absolute Gasteiger partial charge is 0.272 e. The molecule has 0 aromatic carbocycles. The van der Waals surface area contributed by atoms with Crippen molar-refractivity contribution in [3.8, 4) is 0 Å². The summed E-state index contributed by atoms with van der Waals surface area (Å²) in [6, 6.07) is 2.04. The quantitative estimate of drug-likeness (QED) is 0.812. The van der Waals surface area contributed by atoms with E-state index in [1.54, 1.807) is 0 Å². The van der Waals surface area contributed by atoms with Crippen molar-refractivity contribution < 1.29 is 4.79 Å². The van der Waals surface area contributed by atoms with E-state index in [4.69, 9.17) is 0 Å². The van der Waals surface area contributed by atoms with Crippen molar-refractivity contribution in [1.82, 2.24) is 14.3 Å². The molecule has 22 heavy (non-hydrogen) atoms. The number of halogens is 1. The van der Waals surface area contributed by atoms with Crippen LogP contribution in [0.2, 0.25) is 0 Å². The van der Waals surface area contributed by atoms with Crippen LogP contribution in [0.1, 0.15) is 48.4 Å². The molecule has 3 heterocycles. The second-order valence-corrected chi connectivity index (χ2v) is 7.17. The minimum atomic E-state index is 0.119. The first-order valence-electron chi connectivity index (χ1n) is 7.97. The molecule has 5 heteroatoms. The first-order chi connectivity index (χ1) is 10.5. The number of amides is 1. The van der Waals surface area contributed by atoms with Gasteiger partial charge in [-0.1, -0.05) is 13.8 Å². The van der Waals surface area contributed by atoms with Crippen LogP contribution in [-0.2, 0) is 6.42 Å². The molecule has 1 aliphatic heterocycles. The van der Waals surface area contributed by atoms with Crippen LogP contribution in [0.4, 0.5) is 0 Å². The molecule has 1 atom stereocenters. The zero-order valence-electron chi connectivity index (χ0n) is 13.4. The lowest BCUT2D eigenvalue weighted by atomic mass is 10.00. The Balaban J connectivity index is 2.10. The summed E-state index contributed by atoms with van der Waals surface area (Å²) < 4.78 is 2.90. The van der Waals surface area contributed by atoms with Crippen LogP contribution in [0.5, 0.6) is 0 Å². The molecule has 0 saturated carbocycles. The first-order valence-corrected chi connectivity index (χ1v) is 8.77. The van der Waals surface area contributed by atoms with Crippen molar-refractivity contribution in [3.05, 3.63) is 33.7 Å². The van der Waals surface area contributed by atoms with Crippen molar-refractivity contribution in [2.24, 2.45) is 5.92 Å². The Hall–Kier alpha value is -1.36. The topological polar surface area (TPSA) is 37.6 Å². The lowest BCUT2D eigenvalue weighted by molar-refractivity contribution is 0.0675. The minimum absolute atomic E-state index is 0.119. The molecule has 0 bridgehead atoms. The largest absolute Gasteiger partial charge is 0.337 e. The fraction of sp³-hybridized carbons (Fsp3) is 0.529. The number of piperidine rings is 1. The average Bonchev–Trinajstić information content (AvgIpc) is 2.85. The number of fused-ring (bicyclic) bond motifs is 1. The summed E-state index contributed by atoms with van der Waals surface area (Å²) in [6.07, 6.45) is 5.07. The van der Waals surface area contributed by atoms with E-state index in [2.05, 4.69) is 34.8 Å². The molecule has 1 amide bonds. The number of aromatic nitrogens is 2. The van der Waals surface area contributed by atoms with E-state index >= 15 is 0 Å². The van der Waals surface area contributed by atoms with E-state index in [0.717, 1.165) is 53.0 Å². The van der Waals surface area contributed by atoms with Crippen LogP contribution in [0.3, 0.4) is 0 Å². The van der Waals surface area contributed by atoms with Crippen molar-refractivity contribution in [2.45, 2.75) is 40.0 Å². The van der Waals surface area contributed by atoms with Crippen LogP contribution in [0.25, 0.3) is 5.65 Å². The van der Waals surface area contributed by atoms with E-state index in [9.17, 15) is 4.79 Å². The lowest BCUT2D eigenvalue weighted by Gasteiger charge is -2.31. The molecule has 2 aromatic rings. The summed E-state index contributed by atoms with van der Waals surface area (Å²) in [7, 11) is 0. The molecule has 2 aromatic heterocycles. The summed E-state index contributed by atoms with van der Waals surface area (Å²) in [6.45, 7) is 8.01. The van der Waals surface area contributed by atoms with Gasteiger partial charge in [0.25, 0.3) is 5.91 Å². The monoisotopic (exact) mass is 363 g/mol. The van der Waals surface area contributed by atoms with Gasteiger partial charge in [0.15, 0.2) is 5.65 Å². The maximum atomic E-state index is 13.1. The van der Waals surface area contributed by atoms with Gasteiger partial charge in [-0.3, -0.25) is 9.20 Å². The van der Waals surface area contributed by atoms with Crippen LogP contribution < -0.4 is 0 Å². The van der Waals surface area contributed by atoms with E-state index in [1.165, 1.54) is 6.42 Å². The van der Waals surface area contributed by atoms with Gasteiger partial charge in [0.05, 0.1) is 10.2 Å². The van der Waals surface area contributed by atoms with Gasteiger partial charge in [-0.15, -0.1) is 0 Å². The third-order valence-electron chi connectivity index (χ3n) is 4.37. The number of carbonyl (C=O) groups is 1. The minimum Gasteiger partial charge on any atom is -0.337 e.